The van der Waals surface area contributed by atoms with Crippen molar-refractivity contribution in [2.45, 2.75) is 26.3 Å². The fourth-order valence-corrected chi connectivity index (χ4v) is 4.18. The summed E-state index contributed by atoms with van der Waals surface area (Å²) in [5, 5.41) is 1.14. The van der Waals surface area contributed by atoms with Gasteiger partial charge in [0.1, 0.15) is 5.75 Å². The van der Waals surface area contributed by atoms with Gasteiger partial charge in [-0.3, -0.25) is 9.69 Å². The molecular formula is C24H27N3O2. The Balaban J connectivity index is 1.75. The van der Waals surface area contributed by atoms with Crippen LogP contribution in [-0.2, 0) is 11.3 Å². The third-order valence-corrected chi connectivity index (χ3v) is 5.79. The predicted molar refractivity (Wildman–Crippen MR) is 116 cm³/mol. The topological polar surface area (TPSA) is 68.4 Å². The number of methoxy groups -OCH3 is 1. The van der Waals surface area contributed by atoms with E-state index in [1.54, 1.807) is 7.11 Å². The van der Waals surface area contributed by atoms with Crippen LogP contribution in [0.1, 0.15) is 24.0 Å². The molecule has 0 unspecified atom stereocenters. The second kappa shape index (κ2) is 8.21. The van der Waals surface area contributed by atoms with Crippen LogP contribution in [-0.4, -0.2) is 36.0 Å². The van der Waals surface area contributed by atoms with E-state index in [1.165, 1.54) is 5.56 Å². The molecule has 0 radical (unpaired) electrons. The lowest BCUT2D eigenvalue weighted by Gasteiger charge is -2.31. The molecule has 29 heavy (non-hydrogen) atoms. The Hall–Kier alpha value is -2.92. The second-order valence-electron chi connectivity index (χ2n) is 7.85. The number of amides is 1. The van der Waals surface area contributed by atoms with E-state index < -0.39 is 0 Å². The Morgan fingerprint density at radius 1 is 1.24 bits per heavy atom. The quantitative estimate of drug-likeness (QED) is 0.718. The van der Waals surface area contributed by atoms with Gasteiger partial charge >= 0.3 is 0 Å². The highest BCUT2D eigenvalue weighted by Crippen LogP contribution is 2.30. The molecule has 1 aromatic heterocycles. The largest absolute Gasteiger partial charge is 0.497 e. The van der Waals surface area contributed by atoms with Crippen LogP contribution in [0.2, 0.25) is 0 Å². The van der Waals surface area contributed by atoms with Crippen molar-refractivity contribution in [3.8, 4) is 17.0 Å². The number of pyridine rings is 1. The lowest BCUT2D eigenvalue weighted by Crippen LogP contribution is -2.40. The summed E-state index contributed by atoms with van der Waals surface area (Å²) in [4.78, 5) is 19.1. The zero-order valence-electron chi connectivity index (χ0n) is 17.0. The number of carbonyl (C=O) groups is 1. The van der Waals surface area contributed by atoms with Crippen LogP contribution in [0, 0.1) is 12.8 Å². The van der Waals surface area contributed by atoms with Crippen LogP contribution in [0.5, 0.6) is 5.75 Å². The monoisotopic (exact) mass is 389 g/mol. The van der Waals surface area contributed by atoms with Gasteiger partial charge in [-0.1, -0.05) is 18.2 Å². The number of piperidine rings is 1. The summed E-state index contributed by atoms with van der Waals surface area (Å²) in [6.45, 7) is 4.53. The maximum Gasteiger partial charge on any atom is 0.221 e. The molecule has 0 aliphatic carbocycles. The number of aromatic nitrogens is 1. The SMILES string of the molecule is COc1ccc(-c2nc3c(C)cccc3cc2CN2CCC[C@H](C(N)=O)C2)cc1. The van der Waals surface area contributed by atoms with E-state index in [9.17, 15) is 4.79 Å². The molecule has 2 heterocycles. The smallest absolute Gasteiger partial charge is 0.221 e. The molecule has 0 spiro atoms. The van der Waals surface area contributed by atoms with Crippen molar-refractivity contribution in [1.82, 2.24) is 9.88 Å². The summed E-state index contributed by atoms with van der Waals surface area (Å²) in [6.07, 6.45) is 1.87. The lowest BCUT2D eigenvalue weighted by molar-refractivity contribution is -0.123. The molecule has 0 bridgehead atoms. The number of rotatable bonds is 5. The molecule has 0 saturated carbocycles. The first kappa shape index (κ1) is 19.4. The average Bonchev–Trinajstić information content (AvgIpc) is 2.74. The Labute approximate surface area is 171 Å². The van der Waals surface area contributed by atoms with Gasteiger partial charge in [-0.05, 0) is 67.8 Å². The molecule has 1 saturated heterocycles. The number of carbonyl (C=O) groups excluding carboxylic acids is 1. The van der Waals surface area contributed by atoms with Crippen molar-refractivity contribution < 1.29 is 9.53 Å². The van der Waals surface area contributed by atoms with Crippen LogP contribution in [0.25, 0.3) is 22.2 Å². The zero-order valence-corrected chi connectivity index (χ0v) is 17.0. The minimum absolute atomic E-state index is 0.0659. The highest BCUT2D eigenvalue weighted by Gasteiger charge is 2.25. The van der Waals surface area contributed by atoms with Gasteiger partial charge in [-0.15, -0.1) is 0 Å². The summed E-state index contributed by atoms with van der Waals surface area (Å²) in [5.41, 5.74) is 11.0. The number of para-hydroxylation sites is 1. The Morgan fingerprint density at radius 3 is 2.76 bits per heavy atom. The Morgan fingerprint density at radius 2 is 2.03 bits per heavy atom. The van der Waals surface area contributed by atoms with E-state index in [0.717, 1.165) is 59.4 Å². The molecule has 1 aliphatic heterocycles. The predicted octanol–water partition coefficient (Wildman–Crippen LogP) is 3.92. The first-order chi connectivity index (χ1) is 14.0. The fourth-order valence-electron chi connectivity index (χ4n) is 4.18. The van der Waals surface area contributed by atoms with Crippen LogP contribution in [0.4, 0.5) is 0 Å². The fraction of sp³-hybridized carbons (Fsp3) is 0.333. The standard InChI is InChI=1S/C24H27N3O2/c1-16-5-3-6-18-13-20(15-27-12-4-7-19(14-27)24(25)28)23(26-22(16)18)17-8-10-21(29-2)11-9-17/h3,5-6,8-11,13,19H,4,7,12,14-15H2,1-2H3,(H2,25,28)/t19-/m0/s1. The second-order valence-corrected chi connectivity index (χ2v) is 7.85. The number of likely N-dealkylation sites (tertiary alicyclic amines) is 1. The van der Waals surface area contributed by atoms with Gasteiger partial charge in [0.05, 0.1) is 24.2 Å². The molecule has 2 N–H and O–H groups in total. The normalized spacial score (nSPS) is 17.4. The summed E-state index contributed by atoms with van der Waals surface area (Å²) in [7, 11) is 1.67. The van der Waals surface area contributed by atoms with Crippen LogP contribution < -0.4 is 10.5 Å². The highest BCUT2D eigenvalue weighted by atomic mass is 16.5. The third-order valence-electron chi connectivity index (χ3n) is 5.79. The van der Waals surface area contributed by atoms with Gasteiger partial charge in [-0.2, -0.15) is 0 Å². The highest BCUT2D eigenvalue weighted by molar-refractivity contribution is 5.86. The molecule has 1 amide bonds. The molecule has 2 aromatic carbocycles. The lowest BCUT2D eigenvalue weighted by atomic mass is 9.96. The maximum absolute atomic E-state index is 11.7. The van der Waals surface area contributed by atoms with Crippen molar-refractivity contribution in [3.05, 3.63) is 59.7 Å². The zero-order chi connectivity index (χ0) is 20.4. The number of fused-ring (bicyclic) bond motifs is 1. The van der Waals surface area contributed by atoms with Gasteiger partial charge in [0.15, 0.2) is 0 Å². The first-order valence-corrected chi connectivity index (χ1v) is 10.1. The number of ether oxygens (including phenoxy) is 1. The number of hydrogen-bond donors (Lipinski definition) is 1. The summed E-state index contributed by atoms with van der Waals surface area (Å²) >= 11 is 0. The summed E-state index contributed by atoms with van der Waals surface area (Å²) in [5.74, 6) is 0.564. The molecule has 5 heteroatoms. The van der Waals surface area contributed by atoms with E-state index in [-0.39, 0.29) is 11.8 Å². The number of nitrogens with two attached hydrogens (primary N) is 1. The van der Waals surface area contributed by atoms with Gasteiger partial charge in [0.2, 0.25) is 5.91 Å². The van der Waals surface area contributed by atoms with Crippen molar-refractivity contribution in [1.29, 1.82) is 0 Å². The van der Waals surface area contributed by atoms with Crippen LogP contribution in [0.3, 0.4) is 0 Å². The summed E-state index contributed by atoms with van der Waals surface area (Å²) in [6, 6.07) is 16.5. The number of primary amides is 1. The van der Waals surface area contributed by atoms with Gasteiger partial charge in [0, 0.05) is 24.0 Å². The molecular weight excluding hydrogens is 362 g/mol. The molecule has 1 fully saturated rings. The van der Waals surface area contributed by atoms with E-state index in [0.29, 0.717) is 6.54 Å². The number of nitrogens with zero attached hydrogens (tertiary/aromatic N) is 2. The van der Waals surface area contributed by atoms with E-state index in [2.05, 4.69) is 48.2 Å². The molecule has 4 rings (SSSR count). The number of hydrogen-bond acceptors (Lipinski definition) is 4. The maximum atomic E-state index is 11.7. The van der Waals surface area contributed by atoms with Crippen molar-refractivity contribution in [2.24, 2.45) is 11.7 Å². The molecule has 1 atom stereocenters. The molecule has 150 valence electrons. The van der Waals surface area contributed by atoms with E-state index in [4.69, 9.17) is 15.5 Å². The van der Waals surface area contributed by atoms with Crippen molar-refractivity contribution >= 4 is 16.8 Å². The Bertz CT molecular complexity index is 1030. The van der Waals surface area contributed by atoms with E-state index in [1.807, 2.05) is 12.1 Å². The van der Waals surface area contributed by atoms with Crippen LogP contribution >= 0.6 is 0 Å². The van der Waals surface area contributed by atoms with Gasteiger partial charge in [-0.25, -0.2) is 4.98 Å². The van der Waals surface area contributed by atoms with Gasteiger partial charge < -0.3 is 10.5 Å². The third kappa shape index (κ3) is 4.10. The number of benzene rings is 2. The minimum atomic E-state index is -0.197. The Kier molecular flexibility index (Phi) is 5.49. The number of aryl methyl sites for hydroxylation is 1. The molecule has 3 aromatic rings. The van der Waals surface area contributed by atoms with E-state index >= 15 is 0 Å². The minimum Gasteiger partial charge on any atom is -0.497 e. The average molecular weight is 389 g/mol. The summed E-state index contributed by atoms with van der Waals surface area (Å²) < 4.78 is 5.31. The van der Waals surface area contributed by atoms with Gasteiger partial charge in [0.25, 0.3) is 0 Å². The van der Waals surface area contributed by atoms with Crippen LogP contribution in [0.15, 0.2) is 48.5 Å². The molecule has 5 nitrogen and oxygen atoms in total. The van der Waals surface area contributed by atoms with Crippen molar-refractivity contribution in [3.63, 3.8) is 0 Å². The first-order valence-electron chi connectivity index (χ1n) is 10.1. The molecule has 1 aliphatic rings. The van der Waals surface area contributed by atoms with Crippen molar-refractivity contribution in [2.75, 3.05) is 20.2 Å².